The van der Waals surface area contributed by atoms with Crippen molar-refractivity contribution in [3.05, 3.63) is 0 Å². The highest BCUT2D eigenvalue weighted by atomic mass is 19.3. The fourth-order valence-corrected chi connectivity index (χ4v) is 1.26. The van der Waals surface area contributed by atoms with Gasteiger partial charge in [0.1, 0.15) is 0 Å². The summed E-state index contributed by atoms with van der Waals surface area (Å²) in [7, 11) is 1.11. The molecule has 8 heteroatoms. The lowest BCUT2D eigenvalue weighted by Gasteiger charge is -2.26. The Kier molecular flexibility index (Phi) is 6.37. The zero-order valence-electron chi connectivity index (χ0n) is 10.8. The van der Waals surface area contributed by atoms with Crippen LogP contribution in [0.5, 0.6) is 0 Å². The van der Waals surface area contributed by atoms with E-state index < -0.39 is 42.3 Å². The molecule has 0 aliphatic rings. The van der Waals surface area contributed by atoms with Crippen LogP contribution in [0.15, 0.2) is 0 Å². The molecule has 0 aliphatic carbocycles. The molecule has 0 bridgehead atoms. The van der Waals surface area contributed by atoms with Gasteiger partial charge in [-0.2, -0.15) is 8.78 Å². The third-order valence-electron chi connectivity index (χ3n) is 2.27. The number of alkyl halides is 2. The molecule has 0 spiro atoms. The molecule has 0 aromatic carbocycles. The predicted octanol–water partition coefficient (Wildman–Crippen LogP) is 1.23. The first-order valence-electron chi connectivity index (χ1n) is 5.50. The number of esters is 2. The summed E-state index contributed by atoms with van der Waals surface area (Å²) >= 11 is 0. The van der Waals surface area contributed by atoms with Crippen LogP contribution < -0.4 is 0 Å². The van der Waals surface area contributed by atoms with E-state index in [4.69, 9.17) is 5.11 Å². The molecule has 0 saturated heterocycles. The molecule has 19 heavy (non-hydrogen) atoms. The van der Waals surface area contributed by atoms with Gasteiger partial charge < -0.3 is 14.6 Å². The van der Waals surface area contributed by atoms with Gasteiger partial charge in [0.15, 0.2) is 6.10 Å². The normalized spacial score (nSPS) is 12.9. The molecule has 0 rings (SSSR count). The van der Waals surface area contributed by atoms with Gasteiger partial charge in [-0.3, -0.25) is 9.59 Å². The number of carboxylic acid groups (broad SMARTS) is 1. The lowest BCUT2D eigenvalue weighted by atomic mass is 10.0. The third-order valence-corrected chi connectivity index (χ3v) is 2.27. The first-order valence-corrected chi connectivity index (χ1v) is 5.50. The Morgan fingerprint density at radius 1 is 1.16 bits per heavy atom. The van der Waals surface area contributed by atoms with E-state index in [1.165, 1.54) is 13.8 Å². The second-order valence-corrected chi connectivity index (χ2v) is 4.16. The van der Waals surface area contributed by atoms with E-state index in [1.54, 1.807) is 0 Å². The highest BCUT2D eigenvalue weighted by Gasteiger charge is 2.51. The van der Waals surface area contributed by atoms with Crippen molar-refractivity contribution in [1.82, 2.24) is 0 Å². The minimum Gasteiger partial charge on any atom is -0.477 e. The summed E-state index contributed by atoms with van der Waals surface area (Å²) in [6.07, 6.45) is -2.86. The van der Waals surface area contributed by atoms with E-state index in [2.05, 4.69) is 9.47 Å². The molecule has 0 amide bonds. The summed E-state index contributed by atoms with van der Waals surface area (Å²) in [5.74, 6) is -9.22. The zero-order chi connectivity index (χ0) is 15.2. The van der Waals surface area contributed by atoms with Gasteiger partial charge in [0, 0.05) is 0 Å². The van der Waals surface area contributed by atoms with Crippen molar-refractivity contribution in [2.45, 2.75) is 38.7 Å². The average Bonchev–Trinajstić information content (AvgIpc) is 2.31. The van der Waals surface area contributed by atoms with Crippen LogP contribution >= 0.6 is 0 Å². The van der Waals surface area contributed by atoms with E-state index in [0.29, 0.717) is 0 Å². The summed E-state index contributed by atoms with van der Waals surface area (Å²) in [5.41, 5.74) is 0. The number of carboxylic acids is 1. The minimum absolute atomic E-state index is 0.321. The monoisotopic (exact) mass is 282 g/mol. The maximum atomic E-state index is 13.3. The molecule has 1 unspecified atom stereocenters. The maximum Gasteiger partial charge on any atom is 0.378 e. The fourth-order valence-electron chi connectivity index (χ4n) is 1.26. The molecule has 0 saturated carbocycles. The summed E-state index contributed by atoms with van der Waals surface area (Å²) in [6.45, 7) is 2.60. The lowest BCUT2D eigenvalue weighted by molar-refractivity contribution is -0.199. The fraction of sp³-hybridized carbons (Fsp3) is 0.727. The molecular formula is C11H16F2O6. The van der Waals surface area contributed by atoms with E-state index in [-0.39, 0.29) is 6.42 Å². The van der Waals surface area contributed by atoms with E-state index in [0.717, 1.165) is 7.11 Å². The van der Waals surface area contributed by atoms with Crippen LogP contribution in [0.1, 0.15) is 26.7 Å². The molecule has 1 N–H and O–H groups in total. The van der Waals surface area contributed by atoms with Crippen molar-refractivity contribution in [2.24, 2.45) is 5.92 Å². The van der Waals surface area contributed by atoms with Crippen LogP contribution in [0.4, 0.5) is 8.78 Å². The summed E-state index contributed by atoms with van der Waals surface area (Å²) in [5, 5.41) is 8.41. The van der Waals surface area contributed by atoms with E-state index in [9.17, 15) is 23.2 Å². The number of carbonyl (C=O) groups is 3. The number of halogens is 2. The Balaban J connectivity index is 4.65. The largest absolute Gasteiger partial charge is 0.477 e. The summed E-state index contributed by atoms with van der Waals surface area (Å²) < 4.78 is 35.4. The minimum atomic E-state index is -4.19. The van der Waals surface area contributed by atoms with Crippen molar-refractivity contribution in [3.63, 3.8) is 0 Å². The number of hydrogen-bond acceptors (Lipinski definition) is 5. The first kappa shape index (κ1) is 17.3. The smallest absolute Gasteiger partial charge is 0.378 e. The van der Waals surface area contributed by atoms with Gasteiger partial charge in [-0.1, -0.05) is 13.8 Å². The van der Waals surface area contributed by atoms with Gasteiger partial charge in [-0.05, 0) is 5.92 Å². The standard InChI is InChI=1S/C11H16F2O6/c1-6(2)9(11(12,13)10(16)17)19-8(15)5-4-7(14)18-3/h6,9H,4-5H2,1-3H3,(H,16,17). The van der Waals surface area contributed by atoms with Crippen molar-refractivity contribution < 1.29 is 37.7 Å². The van der Waals surface area contributed by atoms with Crippen LogP contribution in [0, 0.1) is 5.92 Å². The Hall–Kier alpha value is -1.73. The second kappa shape index (κ2) is 7.01. The highest BCUT2D eigenvalue weighted by Crippen LogP contribution is 2.28. The molecule has 0 aromatic heterocycles. The Bertz CT molecular complexity index is 353. The molecule has 0 aliphatic heterocycles. The van der Waals surface area contributed by atoms with Crippen LogP contribution in [0.25, 0.3) is 0 Å². The molecule has 6 nitrogen and oxygen atoms in total. The van der Waals surface area contributed by atoms with E-state index >= 15 is 0 Å². The van der Waals surface area contributed by atoms with Gasteiger partial charge in [0.25, 0.3) is 0 Å². The van der Waals surface area contributed by atoms with Gasteiger partial charge in [0.2, 0.25) is 0 Å². The molecule has 0 aromatic rings. The SMILES string of the molecule is COC(=O)CCC(=O)OC(C(C)C)C(F)(F)C(=O)O. The summed E-state index contributed by atoms with van der Waals surface area (Å²) in [4.78, 5) is 32.5. The van der Waals surface area contributed by atoms with Gasteiger partial charge in [-0.15, -0.1) is 0 Å². The Morgan fingerprint density at radius 3 is 2.00 bits per heavy atom. The van der Waals surface area contributed by atoms with Crippen molar-refractivity contribution >= 4 is 17.9 Å². The average molecular weight is 282 g/mol. The Morgan fingerprint density at radius 2 is 1.63 bits per heavy atom. The summed E-state index contributed by atoms with van der Waals surface area (Å²) in [6, 6.07) is 0. The van der Waals surface area contributed by atoms with Gasteiger partial charge in [0.05, 0.1) is 20.0 Å². The number of rotatable bonds is 7. The molecule has 110 valence electrons. The van der Waals surface area contributed by atoms with Crippen LogP contribution in [-0.4, -0.2) is 42.2 Å². The number of ether oxygens (including phenoxy) is 2. The van der Waals surface area contributed by atoms with Gasteiger partial charge in [-0.25, -0.2) is 4.79 Å². The number of hydrogen-bond donors (Lipinski definition) is 1. The predicted molar refractivity (Wildman–Crippen MR) is 58.6 cm³/mol. The highest BCUT2D eigenvalue weighted by molar-refractivity contribution is 5.79. The van der Waals surface area contributed by atoms with Crippen LogP contribution in [-0.2, 0) is 23.9 Å². The third kappa shape index (κ3) is 5.19. The van der Waals surface area contributed by atoms with Crippen LogP contribution in [0.2, 0.25) is 0 Å². The molecular weight excluding hydrogens is 266 g/mol. The molecule has 0 heterocycles. The quantitative estimate of drug-likeness (QED) is 0.706. The lowest BCUT2D eigenvalue weighted by Crippen LogP contribution is -2.47. The van der Waals surface area contributed by atoms with Gasteiger partial charge >= 0.3 is 23.8 Å². The van der Waals surface area contributed by atoms with Crippen LogP contribution in [0.3, 0.4) is 0 Å². The maximum absolute atomic E-state index is 13.3. The molecule has 0 radical (unpaired) electrons. The van der Waals surface area contributed by atoms with Crippen molar-refractivity contribution in [2.75, 3.05) is 7.11 Å². The zero-order valence-corrected chi connectivity index (χ0v) is 10.8. The second-order valence-electron chi connectivity index (χ2n) is 4.16. The van der Waals surface area contributed by atoms with Crippen molar-refractivity contribution in [1.29, 1.82) is 0 Å². The molecule has 1 atom stereocenters. The number of aliphatic carboxylic acids is 1. The van der Waals surface area contributed by atoms with E-state index in [1.807, 2.05) is 0 Å². The van der Waals surface area contributed by atoms with Crippen molar-refractivity contribution in [3.8, 4) is 0 Å². The first-order chi connectivity index (χ1) is 8.62. The number of methoxy groups -OCH3 is 1. The topological polar surface area (TPSA) is 89.9 Å². The number of carbonyl (C=O) groups excluding carboxylic acids is 2. The molecule has 0 fully saturated rings. The Labute approximate surface area is 108 Å².